The molecule has 1 aromatic carbocycles. The molecule has 0 spiro atoms. The fraction of sp³-hybridized carbons (Fsp3) is 0.286. The summed E-state index contributed by atoms with van der Waals surface area (Å²) in [6.07, 6.45) is 0. The lowest BCUT2D eigenvalue weighted by atomic mass is 10.2. The van der Waals surface area contributed by atoms with Crippen molar-refractivity contribution >= 4 is 27.0 Å². The fourth-order valence-corrected chi connectivity index (χ4v) is 4.17. The number of nitrogens with zero attached hydrogens (tertiary/aromatic N) is 2. The van der Waals surface area contributed by atoms with E-state index in [9.17, 15) is 8.42 Å². The van der Waals surface area contributed by atoms with Gasteiger partial charge in [0.15, 0.2) is 0 Å². The Morgan fingerprint density at radius 1 is 1.05 bits per heavy atom. The predicted molar refractivity (Wildman–Crippen MR) is 83.7 cm³/mol. The molecule has 2 aromatic rings. The van der Waals surface area contributed by atoms with Crippen LogP contribution in [0, 0.1) is 0 Å². The van der Waals surface area contributed by atoms with Crippen LogP contribution in [0.1, 0.15) is 5.56 Å². The normalized spacial score (nSPS) is 11.8. The molecule has 2 rings (SSSR count). The van der Waals surface area contributed by atoms with E-state index in [0.717, 1.165) is 11.3 Å². The molecule has 0 atom stereocenters. The average molecular weight is 310 g/mol. The van der Waals surface area contributed by atoms with Crippen LogP contribution >= 0.6 is 11.3 Å². The summed E-state index contributed by atoms with van der Waals surface area (Å²) in [5.41, 5.74) is 2.07. The minimum absolute atomic E-state index is 0.369. The van der Waals surface area contributed by atoms with Crippen molar-refractivity contribution in [2.75, 3.05) is 26.0 Å². The minimum atomic E-state index is -3.38. The molecule has 0 saturated carbocycles. The van der Waals surface area contributed by atoms with E-state index in [2.05, 4.69) is 0 Å². The van der Waals surface area contributed by atoms with Gasteiger partial charge in [-0.1, -0.05) is 18.2 Å². The number of hydrogen-bond acceptors (Lipinski definition) is 4. The molecule has 0 bridgehead atoms. The maximum atomic E-state index is 12.3. The van der Waals surface area contributed by atoms with E-state index in [1.165, 1.54) is 15.6 Å². The molecule has 108 valence electrons. The van der Waals surface area contributed by atoms with Gasteiger partial charge < -0.3 is 4.90 Å². The fourth-order valence-electron chi connectivity index (χ4n) is 1.81. The zero-order chi connectivity index (χ0) is 14.8. The lowest BCUT2D eigenvalue weighted by Gasteiger charge is -2.17. The third kappa shape index (κ3) is 3.20. The van der Waals surface area contributed by atoms with Gasteiger partial charge in [-0.2, -0.15) is 4.31 Å². The van der Waals surface area contributed by atoms with E-state index < -0.39 is 10.0 Å². The van der Waals surface area contributed by atoms with Crippen molar-refractivity contribution in [2.45, 2.75) is 10.8 Å². The van der Waals surface area contributed by atoms with Crippen LogP contribution < -0.4 is 4.90 Å². The second-order valence-electron chi connectivity index (χ2n) is 4.75. The summed E-state index contributed by atoms with van der Waals surface area (Å²) >= 11 is 1.24. The van der Waals surface area contributed by atoms with Gasteiger partial charge in [0.2, 0.25) is 0 Å². The van der Waals surface area contributed by atoms with Gasteiger partial charge in [-0.15, -0.1) is 11.3 Å². The van der Waals surface area contributed by atoms with Gasteiger partial charge in [0.25, 0.3) is 10.0 Å². The molecule has 0 aliphatic rings. The topological polar surface area (TPSA) is 40.6 Å². The summed E-state index contributed by atoms with van der Waals surface area (Å²) in [5.74, 6) is 0. The molecule has 0 unspecified atom stereocenters. The Hall–Kier alpha value is -1.37. The van der Waals surface area contributed by atoms with Gasteiger partial charge in [0.1, 0.15) is 4.21 Å². The van der Waals surface area contributed by atoms with Crippen LogP contribution in [0.4, 0.5) is 5.69 Å². The predicted octanol–water partition coefficient (Wildman–Crippen LogP) is 2.63. The summed E-state index contributed by atoms with van der Waals surface area (Å²) in [6, 6.07) is 11.3. The Bertz CT molecular complexity index is 647. The minimum Gasteiger partial charge on any atom is -0.378 e. The molecule has 0 radical (unpaired) electrons. The first-order valence-electron chi connectivity index (χ1n) is 6.17. The zero-order valence-electron chi connectivity index (χ0n) is 11.8. The van der Waals surface area contributed by atoms with Crippen molar-refractivity contribution in [2.24, 2.45) is 0 Å². The van der Waals surface area contributed by atoms with Crippen molar-refractivity contribution < 1.29 is 8.42 Å². The number of hydrogen-bond donors (Lipinski definition) is 0. The Kier molecular flexibility index (Phi) is 4.47. The summed E-state index contributed by atoms with van der Waals surface area (Å²) in [4.78, 5) is 2.01. The van der Waals surface area contributed by atoms with Gasteiger partial charge in [-0.3, -0.25) is 0 Å². The number of rotatable bonds is 5. The molecule has 1 aromatic heterocycles. The van der Waals surface area contributed by atoms with Crippen LogP contribution in [-0.4, -0.2) is 33.9 Å². The first kappa shape index (κ1) is 15.0. The highest BCUT2D eigenvalue weighted by Gasteiger charge is 2.21. The maximum Gasteiger partial charge on any atom is 0.252 e. The number of anilines is 1. The summed E-state index contributed by atoms with van der Waals surface area (Å²) in [5, 5.41) is 1.77. The molecular formula is C14H18N2O2S2. The lowest BCUT2D eigenvalue weighted by Crippen LogP contribution is -2.25. The summed E-state index contributed by atoms with van der Waals surface area (Å²) in [7, 11) is 2.18. The van der Waals surface area contributed by atoms with Gasteiger partial charge in [0, 0.05) is 33.4 Å². The SMILES string of the molecule is CN(C)c1ccc(CN(C)S(=O)(=O)c2cccs2)cc1. The van der Waals surface area contributed by atoms with Gasteiger partial charge in [0.05, 0.1) is 0 Å². The summed E-state index contributed by atoms with van der Waals surface area (Å²) in [6.45, 7) is 0.369. The molecule has 20 heavy (non-hydrogen) atoms. The molecular weight excluding hydrogens is 292 g/mol. The molecule has 0 aliphatic heterocycles. The highest BCUT2D eigenvalue weighted by molar-refractivity contribution is 7.91. The van der Waals surface area contributed by atoms with E-state index in [1.54, 1.807) is 24.6 Å². The highest BCUT2D eigenvalue weighted by Crippen LogP contribution is 2.22. The van der Waals surface area contributed by atoms with Crippen molar-refractivity contribution in [3.05, 3.63) is 47.3 Å². The first-order valence-corrected chi connectivity index (χ1v) is 8.49. The molecule has 0 amide bonds. The highest BCUT2D eigenvalue weighted by atomic mass is 32.2. The van der Waals surface area contributed by atoms with E-state index in [-0.39, 0.29) is 0 Å². The maximum absolute atomic E-state index is 12.3. The van der Waals surface area contributed by atoms with E-state index in [0.29, 0.717) is 10.8 Å². The molecule has 0 saturated heterocycles. The quantitative estimate of drug-likeness (QED) is 0.852. The smallest absolute Gasteiger partial charge is 0.252 e. The number of benzene rings is 1. The van der Waals surface area contributed by atoms with Gasteiger partial charge >= 0.3 is 0 Å². The molecule has 0 N–H and O–H groups in total. The van der Waals surface area contributed by atoms with Crippen molar-refractivity contribution in [1.29, 1.82) is 0 Å². The largest absolute Gasteiger partial charge is 0.378 e. The van der Waals surface area contributed by atoms with Crippen LogP contribution in [0.15, 0.2) is 46.0 Å². The van der Waals surface area contributed by atoms with Crippen LogP contribution in [-0.2, 0) is 16.6 Å². The van der Waals surface area contributed by atoms with Crippen molar-refractivity contribution in [3.8, 4) is 0 Å². The van der Waals surface area contributed by atoms with Crippen LogP contribution in [0.2, 0.25) is 0 Å². The first-order chi connectivity index (χ1) is 9.41. The standard InChI is InChI=1S/C14H18N2O2S2/c1-15(2)13-8-6-12(7-9-13)11-16(3)20(17,18)14-5-4-10-19-14/h4-10H,11H2,1-3H3. The Morgan fingerprint density at radius 2 is 1.70 bits per heavy atom. The average Bonchev–Trinajstić information content (AvgIpc) is 2.93. The van der Waals surface area contributed by atoms with Gasteiger partial charge in [-0.25, -0.2) is 8.42 Å². The third-order valence-electron chi connectivity index (χ3n) is 3.02. The second kappa shape index (κ2) is 5.95. The van der Waals surface area contributed by atoms with E-state index >= 15 is 0 Å². The van der Waals surface area contributed by atoms with E-state index in [1.807, 2.05) is 43.3 Å². The summed E-state index contributed by atoms with van der Waals surface area (Å²) < 4.78 is 26.4. The molecule has 6 heteroatoms. The Labute approximate surface area is 124 Å². The van der Waals surface area contributed by atoms with Crippen molar-refractivity contribution in [3.63, 3.8) is 0 Å². The lowest BCUT2D eigenvalue weighted by molar-refractivity contribution is 0.468. The Morgan fingerprint density at radius 3 is 2.20 bits per heavy atom. The van der Waals surface area contributed by atoms with Crippen LogP contribution in [0.5, 0.6) is 0 Å². The van der Waals surface area contributed by atoms with E-state index in [4.69, 9.17) is 0 Å². The van der Waals surface area contributed by atoms with Crippen LogP contribution in [0.3, 0.4) is 0 Å². The molecule has 4 nitrogen and oxygen atoms in total. The molecule has 0 aliphatic carbocycles. The second-order valence-corrected chi connectivity index (χ2v) is 7.97. The zero-order valence-corrected chi connectivity index (χ0v) is 13.4. The van der Waals surface area contributed by atoms with Gasteiger partial charge in [-0.05, 0) is 29.1 Å². The van der Waals surface area contributed by atoms with Crippen LogP contribution in [0.25, 0.3) is 0 Å². The third-order valence-corrected chi connectivity index (χ3v) is 6.19. The van der Waals surface area contributed by atoms with Crippen molar-refractivity contribution in [1.82, 2.24) is 4.31 Å². The number of thiophene rings is 1. The Balaban J connectivity index is 2.14. The molecule has 1 heterocycles. The molecule has 0 fully saturated rings. The number of sulfonamides is 1. The monoisotopic (exact) mass is 310 g/mol.